The Morgan fingerprint density at radius 1 is 1.17 bits per heavy atom. The van der Waals surface area contributed by atoms with Gasteiger partial charge in [-0.2, -0.15) is 9.61 Å². The maximum Gasteiger partial charge on any atom is 0.348 e. The van der Waals surface area contributed by atoms with E-state index in [1.54, 1.807) is 0 Å². The van der Waals surface area contributed by atoms with Crippen molar-refractivity contribution in [3.63, 3.8) is 0 Å². The maximum absolute atomic E-state index is 12.1. The zero-order valence-electron chi connectivity index (χ0n) is 12.9. The van der Waals surface area contributed by atoms with E-state index in [1.807, 2.05) is 38.1 Å². The van der Waals surface area contributed by atoms with Gasteiger partial charge in [0.25, 0.3) is 0 Å². The smallest absolute Gasteiger partial charge is 0.305 e. The number of H-pyrrole nitrogens is 2. The van der Waals surface area contributed by atoms with Crippen LogP contribution in [0.2, 0.25) is 0 Å². The fourth-order valence-corrected chi connectivity index (χ4v) is 2.91. The number of aromatic nitrogens is 6. The van der Waals surface area contributed by atoms with Gasteiger partial charge < -0.3 is 4.98 Å². The molecular formula is C16H16N6O. The lowest BCUT2D eigenvalue weighted by molar-refractivity contribution is 0.806. The number of aromatic amines is 2. The van der Waals surface area contributed by atoms with E-state index in [0.717, 1.165) is 28.7 Å². The third kappa shape index (κ3) is 2.21. The summed E-state index contributed by atoms with van der Waals surface area (Å²) >= 11 is 0. The third-order valence-electron chi connectivity index (χ3n) is 4.13. The van der Waals surface area contributed by atoms with E-state index in [4.69, 9.17) is 0 Å². The van der Waals surface area contributed by atoms with E-state index in [2.05, 4.69) is 25.3 Å². The molecule has 3 heterocycles. The highest BCUT2D eigenvalue weighted by Crippen LogP contribution is 2.16. The summed E-state index contributed by atoms with van der Waals surface area (Å²) in [5.41, 5.74) is 4.34. The number of benzene rings is 1. The normalized spacial score (nSPS) is 11.6. The van der Waals surface area contributed by atoms with E-state index in [1.165, 1.54) is 10.1 Å². The van der Waals surface area contributed by atoms with E-state index < -0.39 is 0 Å². The molecule has 0 bridgehead atoms. The molecule has 0 saturated carbocycles. The maximum atomic E-state index is 12.1. The lowest BCUT2D eigenvalue weighted by Crippen LogP contribution is -2.17. The zero-order chi connectivity index (χ0) is 16.0. The van der Waals surface area contributed by atoms with Crippen LogP contribution in [0.1, 0.15) is 22.8 Å². The molecule has 0 aliphatic rings. The van der Waals surface area contributed by atoms with Crippen LogP contribution in [0.4, 0.5) is 0 Å². The third-order valence-corrected chi connectivity index (χ3v) is 4.13. The summed E-state index contributed by atoms with van der Waals surface area (Å²) in [6.07, 6.45) is 1.46. The quantitative estimate of drug-likeness (QED) is 0.602. The molecule has 0 amide bonds. The summed E-state index contributed by atoms with van der Waals surface area (Å²) in [4.78, 5) is 19.5. The topological polar surface area (TPSA) is 91.7 Å². The number of aryl methyl sites for hydroxylation is 3. The van der Waals surface area contributed by atoms with Crippen molar-refractivity contribution in [2.45, 2.75) is 26.7 Å². The Morgan fingerprint density at radius 3 is 2.78 bits per heavy atom. The summed E-state index contributed by atoms with van der Waals surface area (Å²) in [6, 6.07) is 7.61. The van der Waals surface area contributed by atoms with Gasteiger partial charge in [0.15, 0.2) is 11.5 Å². The van der Waals surface area contributed by atoms with Crippen molar-refractivity contribution in [2.75, 3.05) is 0 Å². The van der Waals surface area contributed by atoms with Gasteiger partial charge >= 0.3 is 5.69 Å². The van der Waals surface area contributed by atoms with Crippen molar-refractivity contribution in [1.82, 2.24) is 29.8 Å². The molecule has 4 rings (SSSR count). The number of fused-ring (bicyclic) bond motifs is 3. The first-order chi connectivity index (χ1) is 11.1. The van der Waals surface area contributed by atoms with Crippen LogP contribution in [0.25, 0.3) is 16.6 Å². The predicted molar refractivity (Wildman–Crippen MR) is 86.6 cm³/mol. The van der Waals surface area contributed by atoms with Gasteiger partial charge in [-0.05, 0) is 38.0 Å². The minimum absolute atomic E-state index is 0.270. The molecule has 0 atom stereocenters. The highest BCUT2D eigenvalue weighted by atomic mass is 16.1. The first-order valence-electron chi connectivity index (χ1n) is 7.50. The van der Waals surface area contributed by atoms with Crippen LogP contribution >= 0.6 is 0 Å². The number of para-hydroxylation sites is 1. The van der Waals surface area contributed by atoms with Crippen LogP contribution in [0.15, 0.2) is 29.1 Å². The minimum atomic E-state index is -0.270. The Hall–Kier alpha value is -2.96. The molecule has 2 N–H and O–H groups in total. The lowest BCUT2D eigenvalue weighted by Gasteiger charge is -1.97. The molecule has 7 nitrogen and oxygen atoms in total. The average molecular weight is 308 g/mol. The highest BCUT2D eigenvalue weighted by Gasteiger charge is 2.12. The van der Waals surface area contributed by atoms with Gasteiger partial charge in [0, 0.05) is 17.5 Å². The van der Waals surface area contributed by atoms with Gasteiger partial charge in [0.05, 0.1) is 11.2 Å². The SMILES string of the molecule is Cc1n[nH]c(C)c1CCc1nc2c3ccccc3[nH]c(=O)n2n1. The van der Waals surface area contributed by atoms with Crippen molar-refractivity contribution in [1.29, 1.82) is 0 Å². The molecule has 4 aromatic rings. The van der Waals surface area contributed by atoms with Crippen molar-refractivity contribution in [3.05, 3.63) is 57.5 Å². The van der Waals surface area contributed by atoms with Gasteiger partial charge in [-0.15, -0.1) is 5.10 Å². The number of nitrogens with zero attached hydrogens (tertiary/aromatic N) is 4. The van der Waals surface area contributed by atoms with E-state index in [-0.39, 0.29) is 5.69 Å². The standard InChI is InChI=1S/C16H16N6O/c1-9-11(10(2)20-19-9)7-8-14-18-15-12-5-3-4-6-13(12)17-16(23)22(15)21-14/h3-6H,7-8H2,1-2H3,(H,17,23)(H,19,20). The Balaban J connectivity index is 1.76. The molecule has 0 aliphatic heterocycles. The Kier molecular flexibility index (Phi) is 3.00. The molecular weight excluding hydrogens is 292 g/mol. The van der Waals surface area contributed by atoms with Crippen molar-refractivity contribution >= 4 is 16.6 Å². The average Bonchev–Trinajstić information content (AvgIpc) is 3.10. The number of rotatable bonds is 3. The Bertz CT molecular complexity index is 1050. The minimum Gasteiger partial charge on any atom is -0.305 e. The van der Waals surface area contributed by atoms with Gasteiger partial charge in [0.2, 0.25) is 0 Å². The molecule has 0 aliphatic carbocycles. The summed E-state index contributed by atoms with van der Waals surface area (Å²) in [6.45, 7) is 3.98. The van der Waals surface area contributed by atoms with E-state index in [0.29, 0.717) is 17.9 Å². The van der Waals surface area contributed by atoms with Gasteiger partial charge in [-0.1, -0.05) is 12.1 Å². The van der Waals surface area contributed by atoms with E-state index >= 15 is 0 Å². The van der Waals surface area contributed by atoms with Crippen molar-refractivity contribution in [2.24, 2.45) is 0 Å². The van der Waals surface area contributed by atoms with Crippen LogP contribution < -0.4 is 5.69 Å². The lowest BCUT2D eigenvalue weighted by atomic mass is 10.1. The summed E-state index contributed by atoms with van der Waals surface area (Å²) in [7, 11) is 0. The molecule has 3 aromatic heterocycles. The monoisotopic (exact) mass is 308 g/mol. The van der Waals surface area contributed by atoms with Gasteiger partial charge in [-0.25, -0.2) is 9.78 Å². The number of hydrogen-bond donors (Lipinski definition) is 2. The van der Waals surface area contributed by atoms with Crippen LogP contribution in [0.5, 0.6) is 0 Å². The second-order valence-corrected chi connectivity index (χ2v) is 5.65. The molecule has 0 spiro atoms. The Labute approximate surface area is 131 Å². The molecule has 116 valence electrons. The molecule has 0 fully saturated rings. The predicted octanol–water partition coefficient (Wildman–Crippen LogP) is 1.70. The fourth-order valence-electron chi connectivity index (χ4n) is 2.91. The summed E-state index contributed by atoms with van der Waals surface area (Å²) < 4.78 is 1.34. The summed E-state index contributed by atoms with van der Waals surface area (Å²) in [5.74, 6) is 0.659. The Morgan fingerprint density at radius 2 is 2.00 bits per heavy atom. The van der Waals surface area contributed by atoms with Gasteiger partial charge in [0.1, 0.15) is 0 Å². The second kappa shape index (κ2) is 5.05. The van der Waals surface area contributed by atoms with Crippen LogP contribution in [0.3, 0.4) is 0 Å². The van der Waals surface area contributed by atoms with Crippen molar-refractivity contribution < 1.29 is 0 Å². The summed E-state index contributed by atoms with van der Waals surface area (Å²) in [5, 5.41) is 12.4. The van der Waals surface area contributed by atoms with Crippen LogP contribution in [0, 0.1) is 13.8 Å². The zero-order valence-corrected chi connectivity index (χ0v) is 12.9. The molecule has 0 radical (unpaired) electrons. The molecule has 7 heteroatoms. The molecule has 0 saturated heterocycles. The first kappa shape index (κ1) is 13.7. The second-order valence-electron chi connectivity index (χ2n) is 5.65. The van der Waals surface area contributed by atoms with Crippen LogP contribution in [-0.2, 0) is 12.8 Å². The first-order valence-corrected chi connectivity index (χ1v) is 7.50. The number of hydrogen-bond acceptors (Lipinski definition) is 4. The van der Waals surface area contributed by atoms with Gasteiger partial charge in [-0.3, -0.25) is 5.10 Å². The fraction of sp³-hybridized carbons (Fsp3) is 0.250. The number of nitrogens with one attached hydrogen (secondary N) is 2. The van der Waals surface area contributed by atoms with E-state index in [9.17, 15) is 4.79 Å². The van der Waals surface area contributed by atoms with Crippen molar-refractivity contribution in [3.8, 4) is 0 Å². The molecule has 0 unspecified atom stereocenters. The largest absolute Gasteiger partial charge is 0.348 e. The van der Waals surface area contributed by atoms with Crippen LogP contribution in [-0.4, -0.2) is 29.8 Å². The molecule has 23 heavy (non-hydrogen) atoms. The highest BCUT2D eigenvalue weighted by molar-refractivity contribution is 5.90. The molecule has 1 aromatic carbocycles.